The van der Waals surface area contributed by atoms with Crippen molar-refractivity contribution in [3.63, 3.8) is 0 Å². The van der Waals surface area contributed by atoms with Gasteiger partial charge in [0.05, 0.1) is 16.8 Å². The molecule has 6 nitrogen and oxygen atoms in total. The molecule has 158 valence electrons. The van der Waals surface area contributed by atoms with Gasteiger partial charge in [-0.3, -0.25) is 9.59 Å². The van der Waals surface area contributed by atoms with Crippen LogP contribution in [0.1, 0.15) is 57.7 Å². The number of aromatic nitrogens is 2. The first-order chi connectivity index (χ1) is 14.1. The third-order valence-electron chi connectivity index (χ3n) is 5.65. The van der Waals surface area contributed by atoms with E-state index in [0.29, 0.717) is 19.4 Å². The summed E-state index contributed by atoms with van der Waals surface area (Å²) in [5.74, 6) is 1.48. The maximum absolute atomic E-state index is 13.1. The van der Waals surface area contributed by atoms with E-state index in [1.165, 1.54) is 0 Å². The van der Waals surface area contributed by atoms with Crippen LogP contribution < -0.4 is 10.6 Å². The zero-order valence-electron chi connectivity index (χ0n) is 17.5. The lowest BCUT2D eigenvalue weighted by Gasteiger charge is -2.36. The lowest BCUT2D eigenvalue weighted by atomic mass is 9.80. The van der Waals surface area contributed by atoms with E-state index < -0.39 is 5.54 Å². The molecule has 1 aromatic carbocycles. The molecule has 1 aliphatic carbocycles. The van der Waals surface area contributed by atoms with Gasteiger partial charge in [0.1, 0.15) is 17.9 Å². The predicted octanol–water partition coefficient (Wildman–Crippen LogP) is 3.63. The molecule has 1 saturated carbocycles. The lowest BCUT2D eigenvalue weighted by molar-refractivity contribution is -0.135. The molecular weight excluding hydrogens is 384 g/mol. The number of imidazole rings is 1. The van der Waals surface area contributed by atoms with Crippen LogP contribution in [0, 0.1) is 0 Å². The first-order valence-corrected chi connectivity index (χ1v) is 12.0. The number of unbranched alkanes of at least 4 members (excludes halogenated alkanes) is 1. The Labute approximate surface area is 177 Å². The minimum atomic E-state index is -0.779. The van der Waals surface area contributed by atoms with Crippen LogP contribution in [-0.4, -0.2) is 39.7 Å². The van der Waals surface area contributed by atoms with Crippen LogP contribution in [0.2, 0.25) is 0 Å². The summed E-state index contributed by atoms with van der Waals surface area (Å²) in [6, 6.07) is 7.88. The van der Waals surface area contributed by atoms with Gasteiger partial charge < -0.3 is 15.2 Å². The number of hydrogen-bond acceptors (Lipinski definition) is 4. The number of amides is 2. The minimum Gasteiger partial charge on any atom is -0.354 e. The first-order valence-electron chi connectivity index (χ1n) is 10.6. The summed E-state index contributed by atoms with van der Waals surface area (Å²) >= 11 is 1.68. The van der Waals surface area contributed by atoms with Gasteiger partial charge in [0.25, 0.3) is 0 Å². The van der Waals surface area contributed by atoms with E-state index in [9.17, 15) is 9.59 Å². The third kappa shape index (κ3) is 5.13. The number of fused-ring (bicyclic) bond motifs is 1. The number of carbonyl (C=O) groups is 2. The number of rotatable bonds is 9. The minimum absolute atomic E-state index is 0.0289. The molecule has 0 bridgehead atoms. The van der Waals surface area contributed by atoms with Crippen LogP contribution in [0.3, 0.4) is 0 Å². The summed E-state index contributed by atoms with van der Waals surface area (Å²) < 4.78 is 1.98. The Morgan fingerprint density at radius 3 is 2.69 bits per heavy atom. The summed E-state index contributed by atoms with van der Waals surface area (Å²) in [5, 5.41) is 6.17. The summed E-state index contributed by atoms with van der Waals surface area (Å²) in [7, 11) is 0. The molecule has 1 aliphatic rings. The van der Waals surface area contributed by atoms with Gasteiger partial charge in [-0.15, -0.1) is 0 Å². The van der Waals surface area contributed by atoms with Crippen molar-refractivity contribution in [2.45, 2.75) is 69.7 Å². The molecule has 0 radical (unpaired) electrons. The fraction of sp³-hybridized carbons (Fsp3) is 0.591. The maximum atomic E-state index is 13.1. The molecule has 0 atom stereocenters. The molecule has 1 heterocycles. The standard InChI is InChI=1S/C22H32N4O2S/c1-3-4-14-23-21(28)22(12-8-5-9-13-22)25-20(27)15-26-18-11-7-6-10-17(18)24-19(26)16-29-2/h6-7,10-11H,3-5,8-9,12-16H2,1-2H3,(H,23,28)(H,25,27). The number of carbonyl (C=O) groups excluding carboxylic acids is 2. The molecular formula is C22H32N4O2S. The second-order valence-corrected chi connectivity index (χ2v) is 8.70. The monoisotopic (exact) mass is 416 g/mol. The fourth-order valence-electron chi connectivity index (χ4n) is 4.10. The Bertz CT molecular complexity index is 842. The van der Waals surface area contributed by atoms with Crippen LogP contribution in [-0.2, 0) is 21.9 Å². The molecule has 1 aromatic heterocycles. The highest BCUT2D eigenvalue weighted by molar-refractivity contribution is 7.97. The molecule has 7 heteroatoms. The van der Waals surface area contributed by atoms with E-state index in [4.69, 9.17) is 0 Å². The topological polar surface area (TPSA) is 76.0 Å². The van der Waals surface area contributed by atoms with Crippen molar-refractivity contribution in [2.75, 3.05) is 12.8 Å². The normalized spacial score (nSPS) is 15.9. The second kappa shape index (κ2) is 10.1. The molecule has 0 spiro atoms. The SMILES string of the molecule is CCCCNC(=O)C1(NC(=O)Cn2c(CSC)nc3ccccc32)CCCCC1. The average molecular weight is 417 g/mol. The largest absolute Gasteiger partial charge is 0.354 e. The number of benzene rings is 1. The molecule has 2 aromatic rings. The van der Waals surface area contributed by atoms with Gasteiger partial charge in [-0.1, -0.05) is 44.7 Å². The van der Waals surface area contributed by atoms with Gasteiger partial charge in [0.15, 0.2) is 0 Å². The molecule has 1 fully saturated rings. The van der Waals surface area contributed by atoms with Crippen molar-refractivity contribution >= 4 is 34.6 Å². The van der Waals surface area contributed by atoms with Gasteiger partial charge in [0.2, 0.25) is 11.8 Å². The van der Waals surface area contributed by atoms with E-state index in [0.717, 1.165) is 54.7 Å². The highest BCUT2D eigenvalue weighted by atomic mass is 32.2. The van der Waals surface area contributed by atoms with E-state index in [1.54, 1.807) is 11.8 Å². The molecule has 2 N–H and O–H groups in total. The second-order valence-electron chi connectivity index (χ2n) is 7.84. The van der Waals surface area contributed by atoms with Crippen molar-refractivity contribution in [3.8, 4) is 0 Å². The van der Waals surface area contributed by atoms with E-state index >= 15 is 0 Å². The first kappa shape index (κ1) is 21.7. The summed E-state index contributed by atoms with van der Waals surface area (Å²) in [4.78, 5) is 30.7. The molecule has 0 aliphatic heterocycles. The van der Waals surface area contributed by atoms with Crippen LogP contribution in [0.15, 0.2) is 24.3 Å². The molecule has 0 saturated heterocycles. The molecule has 0 unspecified atom stereocenters. The van der Waals surface area contributed by atoms with Crippen LogP contribution in [0.25, 0.3) is 11.0 Å². The quantitative estimate of drug-likeness (QED) is 0.612. The highest BCUT2D eigenvalue weighted by Crippen LogP contribution is 2.29. The average Bonchev–Trinajstić information content (AvgIpc) is 3.06. The summed E-state index contributed by atoms with van der Waals surface area (Å²) in [6.07, 6.45) is 8.48. The van der Waals surface area contributed by atoms with E-state index in [1.807, 2.05) is 35.1 Å². The number of nitrogens with one attached hydrogen (secondary N) is 2. The van der Waals surface area contributed by atoms with Crippen molar-refractivity contribution in [1.29, 1.82) is 0 Å². The smallest absolute Gasteiger partial charge is 0.245 e. The zero-order valence-corrected chi connectivity index (χ0v) is 18.3. The number of para-hydroxylation sites is 2. The van der Waals surface area contributed by atoms with Gasteiger partial charge in [-0.05, 0) is 37.7 Å². The Hall–Kier alpha value is -2.02. The Morgan fingerprint density at radius 1 is 1.21 bits per heavy atom. The number of thioether (sulfide) groups is 1. The number of nitrogens with zero attached hydrogens (tertiary/aromatic N) is 2. The fourth-order valence-corrected chi connectivity index (χ4v) is 4.58. The van der Waals surface area contributed by atoms with Gasteiger partial charge in [0, 0.05) is 6.54 Å². The molecule has 29 heavy (non-hydrogen) atoms. The predicted molar refractivity (Wildman–Crippen MR) is 119 cm³/mol. The molecule has 3 rings (SSSR count). The lowest BCUT2D eigenvalue weighted by Crippen LogP contribution is -2.60. The van der Waals surface area contributed by atoms with E-state index in [2.05, 4.69) is 22.5 Å². The van der Waals surface area contributed by atoms with E-state index in [-0.39, 0.29) is 18.4 Å². The zero-order chi connectivity index (χ0) is 20.7. The summed E-state index contributed by atoms with van der Waals surface area (Å²) in [6.45, 7) is 2.95. The Balaban J connectivity index is 1.78. The third-order valence-corrected chi connectivity index (χ3v) is 6.19. The highest BCUT2D eigenvalue weighted by Gasteiger charge is 2.40. The van der Waals surface area contributed by atoms with Crippen LogP contribution in [0.4, 0.5) is 0 Å². The van der Waals surface area contributed by atoms with Crippen molar-refractivity contribution in [1.82, 2.24) is 20.2 Å². The van der Waals surface area contributed by atoms with Crippen LogP contribution >= 0.6 is 11.8 Å². The Morgan fingerprint density at radius 2 is 1.97 bits per heavy atom. The van der Waals surface area contributed by atoms with Crippen LogP contribution in [0.5, 0.6) is 0 Å². The number of hydrogen-bond donors (Lipinski definition) is 2. The Kier molecular flexibility index (Phi) is 7.58. The van der Waals surface area contributed by atoms with Gasteiger partial charge >= 0.3 is 0 Å². The van der Waals surface area contributed by atoms with Gasteiger partial charge in [-0.25, -0.2) is 4.98 Å². The summed E-state index contributed by atoms with van der Waals surface area (Å²) in [5.41, 5.74) is 1.07. The van der Waals surface area contributed by atoms with Crippen molar-refractivity contribution in [2.24, 2.45) is 0 Å². The maximum Gasteiger partial charge on any atom is 0.245 e. The molecule has 2 amide bonds. The van der Waals surface area contributed by atoms with Crippen molar-refractivity contribution in [3.05, 3.63) is 30.1 Å². The van der Waals surface area contributed by atoms with Gasteiger partial charge in [-0.2, -0.15) is 11.8 Å². The van der Waals surface area contributed by atoms with Crippen molar-refractivity contribution < 1.29 is 9.59 Å².